The first-order valence-electron chi connectivity index (χ1n) is 9.49. The minimum Gasteiger partial charge on any atom is -0.384 e. The van der Waals surface area contributed by atoms with Gasteiger partial charge in [-0.2, -0.15) is 0 Å². The van der Waals surface area contributed by atoms with Crippen LogP contribution in [0.5, 0.6) is 0 Å². The van der Waals surface area contributed by atoms with Crippen LogP contribution in [0.4, 0.5) is 5.69 Å². The van der Waals surface area contributed by atoms with Gasteiger partial charge in [0.2, 0.25) is 11.8 Å². The molecule has 2 fully saturated rings. The summed E-state index contributed by atoms with van der Waals surface area (Å²) in [5, 5.41) is 5.82. The lowest BCUT2D eigenvalue weighted by Crippen LogP contribution is -2.52. The van der Waals surface area contributed by atoms with Crippen molar-refractivity contribution < 1.29 is 14.4 Å². The van der Waals surface area contributed by atoms with E-state index in [9.17, 15) is 14.4 Å². The summed E-state index contributed by atoms with van der Waals surface area (Å²) in [6.45, 7) is 4.95. The Morgan fingerprint density at radius 1 is 1.22 bits per heavy atom. The normalized spacial score (nSPS) is 23.2. The van der Waals surface area contributed by atoms with Gasteiger partial charge >= 0.3 is 0 Å². The number of amides is 3. The zero-order valence-corrected chi connectivity index (χ0v) is 15.2. The van der Waals surface area contributed by atoms with E-state index in [1.807, 2.05) is 12.1 Å². The summed E-state index contributed by atoms with van der Waals surface area (Å²) in [6, 6.07) is 5.08. The van der Waals surface area contributed by atoms with Crippen molar-refractivity contribution in [3.05, 3.63) is 29.3 Å². The van der Waals surface area contributed by atoms with Crippen LogP contribution in [-0.2, 0) is 16.1 Å². The number of benzene rings is 1. The second kappa shape index (κ2) is 7.28. The number of hydrogen-bond acceptors (Lipinski definition) is 6. The van der Waals surface area contributed by atoms with Crippen LogP contribution in [0.2, 0.25) is 0 Å². The first kappa shape index (κ1) is 17.9. The van der Waals surface area contributed by atoms with E-state index in [-0.39, 0.29) is 24.1 Å². The summed E-state index contributed by atoms with van der Waals surface area (Å²) in [5.41, 5.74) is 8.10. The second-order valence-electron chi connectivity index (χ2n) is 7.53. The van der Waals surface area contributed by atoms with Crippen molar-refractivity contribution in [2.45, 2.75) is 25.4 Å². The second-order valence-corrected chi connectivity index (χ2v) is 7.53. The molecule has 3 aliphatic rings. The number of carbonyl (C=O) groups excluding carboxylic acids is 3. The van der Waals surface area contributed by atoms with Gasteiger partial charge in [0.1, 0.15) is 6.04 Å². The number of imide groups is 1. The summed E-state index contributed by atoms with van der Waals surface area (Å²) in [6.07, 6.45) is 0.648. The van der Waals surface area contributed by atoms with Crippen molar-refractivity contribution in [1.29, 1.82) is 0 Å². The molecule has 0 radical (unpaired) electrons. The molecule has 0 spiro atoms. The van der Waals surface area contributed by atoms with Crippen LogP contribution < -0.4 is 16.4 Å². The van der Waals surface area contributed by atoms with Crippen LogP contribution in [0.25, 0.3) is 0 Å². The Kier molecular flexibility index (Phi) is 4.84. The number of nitrogens with two attached hydrogens (primary N) is 1. The molecule has 144 valence electrons. The maximum atomic E-state index is 12.8. The number of nitrogens with zero attached hydrogens (tertiary/aromatic N) is 2. The summed E-state index contributed by atoms with van der Waals surface area (Å²) in [7, 11) is 0. The molecule has 0 aliphatic carbocycles. The fourth-order valence-corrected chi connectivity index (χ4v) is 4.18. The molecule has 1 aromatic rings. The van der Waals surface area contributed by atoms with E-state index >= 15 is 0 Å². The van der Waals surface area contributed by atoms with E-state index in [4.69, 9.17) is 5.73 Å². The zero-order chi connectivity index (χ0) is 19.0. The largest absolute Gasteiger partial charge is 0.384 e. The van der Waals surface area contributed by atoms with Gasteiger partial charge in [0, 0.05) is 68.4 Å². The topological polar surface area (TPSA) is 108 Å². The van der Waals surface area contributed by atoms with Gasteiger partial charge in [-0.25, -0.2) is 0 Å². The molecular weight excluding hydrogens is 346 g/mol. The maximum Gasteiger partial charge on any atom is 0.255 e. The lowest BCUT2D eigenvalue weighted by Gasteiger charge is -2.39. The molecule has 1 unspecified atom stereocenters. The highest BCUT2D eigenvalue weighted by molar-refractivity contribution is 6.06. The van der Waals surface area contributed by atoms with Crippen LogP contribution in [0.15, 0.2) is 18.2 Å². The zero-order valence-electron chi connectivity index (χ0n) is 15.2. The van der Waals surface area contributed by atoms with Gasteiger partial charge in [0.05, 0.1) is 0 Å². The molecule has 0 aromatic heterocycles. The Balaban J connectivity index is 1.42. The van der Waals surface area contributed by atoms with Crippen molar-refractivity contribution in [3.63, 3.8) is 0 Å². The van der Waals surface area contributed by atoms with Gasteiger partial charge in [0.25, 0.3) is 5.91 Å². The molecule has 27 heavy (non-hydrogen) atoms. The molecule has 8 nitrogen and oxygen atoms in total. The minimum absolute atomic E-state index is 0.138. The number of rotatable bonds is 6. The molecule has 4 N–H and O–H groups in total. The van der Waals surface area contributed by atoms with Crippen molar-refractivity contribution in [2.24, 2.45) is 11.7 Å². The SMILES string of the molecule is NCCN1CC(CNc2cccc3c2CN(C2CCC(=O)NC2=O)C3=O)C1. The van der Waals surface area contributed by atoms with Crippen LogP contribution in [0.3, 0.4) is 0 Å². The standard InChI is InChI=1S/C19H25N5O3/c20-6-7-23-9-12(10-23)8-21-15-3-1-2-13-14(15)11-24(19(13)27)16-4-5-17(25)22-18(16)26/h1-3,12,16,21H,4-11,20H2,(H,22,25,26). The predicted octanol–water partition coefficient (Wildman–Crippen LogP) is -0.250. The summed E-state index contributed by atoms with van der Waals surface area (Å²) < 4.78 is 0. The van der Waals surface area contributed by atoms with E-state index in [0.29, 0.717) is 31.0 Å². The number of nitrogens with one attached hydrogen (secondary N) is 2. The first-order chi connectivity index (χ1) is 13.1. The highest BCUT2D eigenvalue weighted by Gasteiger charge is 2.39. The average Bonchev–Trinajstić information content (AvgIpc) is 2.94. The maximum absolute atomic E-state index is 12.8. The third-order valence-electron chi connectivity index (χ3n) is 5.64. The first-order valence-corrected chi connectivity index (χ1v) is 9.49. The van der Waals surface area contributed by atoms with E-state index in [2.05, 4.69) is 15.5 Å². The number of piperidine rings is 1. The smallest absolute Gasteiger partial charge is 0.255 e. The van der Waals surface area contributed by atoms with Gasteiger partial charge in [-0.3, -0.25) is 19.7 Å². The molecule has 3 aliphatic heterocycles. The van der Waals surface area contributed by atoms with E-state index in [0.717, 1.165) is 37.4 Å². The van der Waals surface area contributed by atoms with E-state index < -0.39 is 6.04 Å². The lowest BCUT2D eigenvalue weighted by atomic mass is 9.99. The van der Waals surface area contributed by atoms with Crippen LogP contribution in [-0.4, -0.2) is 66.3 Å². The molecule has 2 saturated heterocycles. The number of hydrogen-bond donors (Lipinski definition) is 3. The molecule has 3 heterocycles. The number of carbonyl (C=O) groups is 3. The molecular formula is C19H25N5O3. The fraction of sp³-hybridized carbons (Fsp3) is 0.526. The van der Waals surface area contributed by atoms with Crippen LogP contribution in [0, 0.1) is 5.92 Å². The lowest BCUT2D eigenvalue weighted by molar-refractivity contribution is -0.136. The average molecular weight is 371 g/mol. The quantitative estimate of drug-likeness (QED) is 0.595. The Labute approximate surface area is 158 Å². The molecule has 1 aromatic carbocycles. The third-order valence-corrected chi connectivity index (χ3v) is 5.64. The molecule has 0 bridgehead atoms. The number of anilines is 1. The van der Waals surface area contributed by atoms with Crippen molar-refractivity contribution in [1.82, 2.24) is 15.1 Å². The van der Waals surface area contributed by atoms with Gasteiger partial charge in [-0.05, 0) is 18.6 Å². The number of fused-ring (bicyclic) bond motifs is 1. The fourth-order valence-electron chi connectivity index (χ4n) is 4.18. The molecule has 4 rings (SSSR count). The summed E-state index contributed by atoms with van der Waals surface area (Å²) in [5.74, 6) is -0.208. The minimum atomic E-state index is -0.577. The third kappa shape index (κ3) is 3.42. The Morgan fingerprint density at radius 2 is 2.04 bits per heavy atom. The molecule has 1 atom stereocenters. The Bertz CT molecular complexity index is 775. The molecule has 8 heteroatoms. The van der Waals surface area contributed by atoms with Gasteiger partial charge < -0.3 is 20.9 Å². The number of likely N-dealkylation sites (tertiary alicyclic amines) is 1. The van der Waals surface area contributed by atoms with Gasteiger partial charge in [-0.1, -0.05) is 6.07 Å². The van der Waals surface area contributed by atoms with Crippen molar-refractivity contribution in [3.8, 4) is 0 Å². The van der Waals surface area contributed by atoms with E-state index in [1.54, 1.807) is 11.0 Å². The summed E-state index contributed by atoms with van der Waals surface area (Å²) in [4.78, 5) is 40.3. The summed E-state index contributed by atoms with van der Waals surface area (Å²) >= 11 is 0. The predicted molar refractivity (Wildman–Crippen MR) is 100.0 cm³/mol. The van der Waals surface area contributed by atoms with Crippen molar-refractivity contribution in [2.75, 3.05) is 38.0 Å². The van der Waals surface area contributed by atoms with Crippen molar-refractivity contribution >= 4 is 23.4 Å². The van der Waals surface area contributed by atoms with E-state index in [1.165, 1.54) is 0 Å². The Morgan fingerprint density at radius 3 is 2.78 bits per heavy atom. The highest BCUT2D eigenvalue weighted by Crippen LogP contribution is 2.32. The highest BCUT2D eigenvalue weighted by atomic mass is 16.2. The molecule has 0 saturated carbocycles. The van der Waals surface area contributed by atoms with Crippen LogP contribution in [0.1, 0.15) is 28.8 Å². The molecule has 3 amide bonds. The van der Waals surface area contributed by atoms with Gasteiger partial charge in [0.15, 0.2) is 0 Å². The Hall–Kier alpha value is -2.45. The van der Waals surface area contributed by atoms with Crippen LogP contribution >= 0.6 is 0 Å². The van der Waals surface area contributed by atoms with Gasteiger partial charge in [-0.15, -0.1) is 0 Å². The monoisotopic (exact) mass is 371 g/mol.